The number of benzene rings is 1. The number of rotatable bonds is 10. The van der Waals surface area contributed by atoms with Gasteiger partial charge in [0.2, 0.25) is 5.91 Å². The van der Waals surface area contributed by atoms with Crippen molar-refractivity contribution in [1.29, 1.82) is 0 Å². The number of nitrogens with zero attached hydrogens (tertiary/aromatic N) is 3. The maximum absolute atomic E-state index is 12.9. The Kier molecular flexibility index (Phi) is 6.87. The quantitative estimate of drug-likeness (QED) is 0.455. The minimum Gasteiger partial charge on any atom is -0.383 e. The van der Waals surface area contributed by atoms with Crippen LogP contribution in [0.3, 0.4) is 0 Å². The van der Waals surface area contributed by atoms with E-state index in [9.17, 15) is 9.59 Å². The monoisotopic (exact) mass is 391 g/mol. The molecule has 1 heterocycles. The molecule has 8 heteroatoms. The van der Waals surface area contributed by atoms with Crippen molar-refractivity contribution in [3.8, 4) is 0 Å². The molecule has 0 unspecified atom stereocenters. The van der Waals surface area contributed by atoms with Gasteiger partial charge in [-0.05, 0) is 25.0 Å². The minimum atomic E-state index is -0.0197. The highest BCUT2D eigenvalue weighted by atomic mass is 32.2. The maximum atomic E-state index is 12.9. The number of aromatic nitrogens is 2. The van der Waals surface area contributed by atoms with Crippen LogP contribution in [0, 0.1) is 0 Å². The molecule has 1 aliphatic carbocycles. The Morgan fingerprint density at radius 1 is 1.22 bits per heavy atom. The second-order valence-electron chi connectivity index (χ2n) is 6.47. The third-order valence-electron chi connectivity index (χ3n) is 4.50. The Bertz CT molecular complexity index is 842. The van der Waals surface area contributed by atoms with Gasteiger partial charge in [-0.15, -0.1) is 0 Å². The molecule has 0 N–H and O–H groups in total. The molecule has 7 nitrogen and oxygen atoms in total. The van der Waals surface area contributed by atoms with E-state index in [1.54, 1.807) is 29.8 Å². The van der Waals surface area contributed by atoms with Gasteiger partial charge in [0.25, 0.3) is 5.56 Å². The fourth-order valence-electron chi connectivity index (χ4n) is 2.86. The molecular weight excluding hydrogens is 366 g/mol. The summed E-state index contributed by atoms with van der Waals surface area (Å²) in [4.78, 5) is 31.9. The van der Waals surface area contributed by atoms with Gasteiger partial charge in [-0.3, -0.25) is 14.2 Å². The fraction of sp³-hybridized carbons (Fsp3) is 0.526. The molecule has 1 aliphatic rings. The molecule has 0 bridgehead atoms. The van der Waals surface area contributed by atoms with Crippen molar-refractivity contribution in [3.63, 3.8) is 0 Å². The van der Waals surface area contributed by atoms with Gasteiger partial charge in [0.15, 0.2) is 5.16 Å². The van der Waals surface area contributed by atoms with Crippen molar-refractivity contribution < 1.29 is 14.3 Å². The predicted molar refractivity (Wildman–Crippen MR) is 105 cm³/mol. The second kappa shape index (κ2) is 9.34. The van der Waals surface area contributed by atoms with Crippen LogP contribution in [-0.4, -0.2) is 66.6 Å². The van der Waals surface area contributed by atoms with Gasteiger partial charge >= 0.3 is 0 Å². The number of hydrogen-bond acceptors (Lipinski definition) is 6. The third-order valence-corrected chi connectivity index (χ3v) is 5.43. The van der Waals surface area contributed by atoms with Gasteiger partial charge < -0.3 is 14.4 Å². The van der Waals surface area contributed by atoms with E-state index in [-0.39, 0.29) is 23.3 Å². The number of methoxy groups -OCH3 is 2. The zero-order valence-electron chi connectivity index (χ0n) is 15.7. The highest BCUT2D eigenvalue weighted by Crippen LogP contribution is 2.36. The number of hydrogen-bond donors (Lipinski definition) is 0. The molecule has 0 atom stereocenters. The first-order valence-corrected chi connectivity index (χ1v) is 10.0. The van der Waals surface area contributed by atoms with Gasteiger partial charge in [0.1, 0.15) is 0 Å². The minimum absolute atomic E-state index is 0.0149. The molecule has 27 heavy (non-hydrogen) atoms. The first-order valence-electron chi connectivity index (χ1n) is 9.05. The van der Waals surface area contributed by atoms with Crippen LogP contribution in [0.25, 0.3) is 10.9 Å². The van der Waals surface area contributed by atoms with Gasteiger partial charge in [-0.25, -0.2) is 4.98 Å². The lowest BCUT2D eigenvalue weighted by molar-refractivity contribution is -0.129. The van der Waals surface area contributed by atoms with Gasteiger partial charge in [0.05, 0.1) is 29.9 Å². The average molecular weight is 391 g/mol. The molecule has 1 saturated carbocycles. The summed E-state index contributed by atoms with van der Waals surface area (Å²) in [5.41, 5.74) is 0.652. The van der Waals surface area contributed by atoms with E-state index in [0.717, 1.165) is 12.8 Å². The van der Waals surface area contributed by atoms with E-state index in [2.05, 4.69) is 4.98 Å². The zero-order valence-corrected chi connectivity index (χ0v) is 16.5. The van der Waals surface area contributed by atoms with Gasteiger partial charge in [-0.1, -0.05) is 23.9 Å². The Balaban J connectivity index is 1.78. The van der Waals surface area contributed by atoms with E-state index < -0.39 is 0 Å². The standard InChI is InChI=1S/C19H25N3O4S/c1-25-11-9-21(10-12-26-2)17(23)13-27-19-20-16-6-4-3-5-15(16)18(24)22(19)14-7-8-14/h3-6,14H,7-13H2,1-2H3. The van der Waals surface area contributed by atoms with Crippen LogP contribution in [-0.2, 0) is 14.3 Å². The summed E-state index contributed by atoms with van der Waals surface area (Å²) in [7, 11) is 3.22. The normalized spacial score (nSPS) is 13.9. The molecule has 1 fully saturated rings. The summed E-state index contributed by atoms with van der Waals surface area (Å²) >= 11 is 1.33. The summed E-state index contributed by atoms with van der Waals surface area (Å²) in [6.45, 7) is 1.97. The van der Waals surface area contributed by atoms with Crippen molar-refractivity contribution >= 4 is 28.6 Å². The van der Waals surface area contributed by atoms with Crippen molar-refractivity contribution in [1.82, 2.24) is 14.5 Å². The van der Waals surface area contributed by atoms with E-state index in [4.69, 9.17) is 9.47 Å². The number of carbonyl (C=O) groups excluding carboxylic acids is 1. The molecule has 0 radical (unpaired) electrons. The maximum Gasteiger partial charge on any atom is 0.262 e. The van der Waals surface area contributed by atoms with Crippen LogP contribution in [0.5, 0.6) is 0 Å². The number of fused-ring (bicyclic) bond motifs is 1. The van der Waals surface area contributed by atoms with Crippen molar-refractivity contribution in [3.05, 3.63) is 34.6 Å². The molecule has 2 aromatic rings. The molecule has 1 amide bonds. The van der Waals surface area contributed by atoms with Crippen LogP contribution >= 0.6 is 11.8 Å². The Labute approximate surface area is 162 Å². The Hall–Kier alpha value is -1.90. The highest BCUT2D eigenvalue weighted by Gasteiger charge is 2.29. The molecule has 1 aromatic carbocycles. The summed E-state index contributed by atoms with van der Waals surface area (Å²) < 4.78 is 11.9. The predicted octanol–water partition coefficient (Wildman–Crippen LogP) is 1.94. The molecule has 0 aliphatic heterocycles. The SMILES string of the molecule is COCCN(CCOC)C(=O)CSc1nc2ccccc2c(=O)n1C1CC1. The topological polar surface area (TPSA) is 73.7 Å². The lowest BCUT2D eigenvalue weighted by Gasteiger charge is -2.22. The van der Waals surface area contributed by atoms with Crippen molar-refractivity contribution in [2.24, 2.45) is 0 Å². The third kappa shape index (κ3) is 4.88. The molecule has 146 valence electrons. The average Bonchev–Trinajstić information content (AvgIpc) is 3.51. The van der Waals surface area contributed by atoms with E-state index in [0.29, 0.717) is 42.4 Å². The van der Waals surface area contributed by atoms with Gasteiger partial charge in [-0.2, -0.15) is 0 Å². The largest absolute Gasteiger partial charge is 0.383 e. The summed E-state index contributed by atoms with van der Waals surface area (Å²) in [6.07, 6.45) is 1.96. The second-order valence-corrected chi connectivity index (χ2v) is 7.42. The number of amides is 1. The summed E-state index contributed by atoms with van der Waals surface area (Å²) in [5.74, 6) is 0.212. The van der Waals surface area contributed by atoms with Crippen LogP contribution < -0.4 is 5.56 Å². The van der Waals surface area contributed by atoms with E-state index in [1.165, 1.54) is 11.8 Å². The van der Waals surface area contributed by atoms with E-state index >= 15 is 0 Å². The summed E-state index contributed by atoms with van der Waals surface area (Å²) in [5, 5.41) is 1.25. The number of para-hydroxylation sites is 1. The lowest BCUT2D eigenvalue weighted by Crippen LogP contribution is -2.37. The number of thioether (sulfide) groups is 1. The van der Waals surface area contributed by atoms with Crippen molar-refractivity contribution in [2.45, 2.75) is 24.0 Å². The molecule has 3 rings (SSSR count). The smallest absolute Gasteiger partial charge is 0.262 e. The molecule has 1 aromatic heterocycles. The number of carbonyl (C=O) groups is 1. The Morgan fingerprint density at radius 3 is 2.52 bits per heavy atom. The van der Waals surface area contributed by atoms with E-state index in [1.807, 2.05) is 18.2 Å². The first-order chi connectivity index (χ1) is 13.2. The van der Waals surface area contributed by atoms with Crippen LogP contribution in [0.15, 0.2) is 34.2 Å². The molecule has 0 saturated heterocycles. The summed E-state index contributed by atoms with van der Waals surface area (Å²) in [6, 6.07) is 7.56. The zero-order chi connectivity index (χ0) is 19.2. The fourth-order valence-corrected chi connectivity index (χ4v) is 3.83. The van der Waals surface area contributed by atoms with Gasteiger partial charge in [0, 0.05) is 33.4 Å². The van der Waals surface area contributed by atoms with Crippen LogP contribution in [0.4, 0.5) is 0 Å². The Morgan fingerprint density at radius 2 is 1.89 bits per heavy atom. The molecular formula is C19H25N3O4S. The highest BCUT2D eigenvalue weighted by molar-refractivity contribution is 7.99. The van der Waals surface area contributed by atoms with Crippen LogP contribution in [0.2, 0.25) is 0 Å². The van der Waals surface area contributed by atoms with Crippen LogP contribution in [0.1, 0.15) is 18.9 Å². The number of ether oxygens (including phenoxy) is 2. The lowest BCUT2D eigenvalue weighted by atomic mass is 10.2. The molecule has 0 spiro atoms. The first kappa shape index (κ1) is 19.9. The van der Waals surface area contributed by atoms with Crippen molar-refractivity contribution in [2.75, 3.05) is 46.3 Å².